The fourth-order valence-electron chi connectivity index (χ4n) is 2.27. The number of carbonyl (C=O) groups is 1. The summed E-state index contributed by atoms with van der Waals surface area (Å²) in [6.45, 7) is 4.11. The number of unbranched alkanes of at least 4 members (excludes halogenated alkanes) is 6. The second-order valence-corrected chi connectivity index (χ2v) is 5.90. The van der Waals surface area contributed by atoms with Gasteiger partial charge in [0.2, 0.25) is 5.91 Å². The van der Waals surface area contributed by atoms with E-state index in [-0.39, 0.29) is 5.91 Å². The highest BCUT2D eigenvalue weighted by molar-refractivity contribution is 5.96. The minimum Gasteiger partial charge on any atom is -0.273 e. The average Bonchev–Trinajstić information content (AvgIpc) is 2.58. The third-order valence-corrected chi connectivity index (χ3v) is 3.68. The molecule has 0 fully saturated rings. The fraction of sp³-hybridized carbons (Fsp3) is 0.500. The molecule has 3 nitrogen and oxygen atoms in total. The number of nitrogens with one attached hydrogen (secondary N) is 1. The summed E-state index contributed by atoms with van der Waals surface area (Å²) in [5.74, 6) is 0.00557. The van der Waals surface area contributed by atoms with Crippen molar-refractivity contribution in [1.82, 2.24) is 5.43 Å². The molecule has 0 unspecified atom stereocenters. The van der Waals surface area contributed by atoms with Crippen LogP contribution in [-0.4, -0.2) is 11.6 Å². The Morgan fingerprint density at radius 1 is 1.04 bits per heavy atom. The highest BCUT2D eigenvalue weighted by Crippen LogP contribution is 2.08. The van der Waals surface area contributed by atoms with Crippen molar-refractivity contribution < 1.29 is 4.79 Å². The Labute approximate surface area is 140 Å². The summed E-state index contributed by atoms with van der Waals surface area (Å²) in [4.78, 5) is 11.7. The van der Waals surface area contributed by atoms with Gasteiger partial charge in [0.15, 0.2) is 0 Å². The molecule has 0 radical (unpaired) electrons. The maximum atomic E-state index is 11.7. The van der Waals surface area contributed by atoms with Gasteiger partial charge in [0.25, 0.3) is 0 Å². The van der Waals surface area contributed by atoms with Crippen LogP contribution in [0.3, 0.4) is 0 Å². The van der Waals surface area contributed by atoms with Gasteiger partial charge in [-0.3, -0.25) is 4.79 Å². The predicted molar refractivity (Wildman–Crippen MR) is 99.3 cm³/mol. The van der Waals surface area contributed by atoms with E-state index in [0.717, 1.165) is 24.1 Å². The lowest BCUT2D eigenvalue weighted by Crippen LogP contribution is -2.18. The van der Waals surface area contributed by atoms with E-state index in [2.05, 4.69) is 17.5 Å². The van der Waals surface area contributed by atoms with E-state index in [9.17, 15) is 4.79 Å². The Bertz CT molecular complexity index is 492. The van der Waals surface area contributed by atoms with Gasteiger partial charge in [-0.25, -0.2) is 5.43 Å². The lowest BCUT2D eigenvalue weighted by atomic mass is 10.1. The van der Waals surface area contributed by atoms with Gasteiger partial charge in [0, 0.05) is 6.42 Å². The second kappa shape index (κ2) is 12.6. The summed E-state index contributed by atoms with van der Waals surface area (Å²) >= 11 is 0. The number of carbonyl (C=O) groups excluding carboxylic acids is 1. The van der Waals surface area contributed by atoms with Crippen LogP contribution < -0.4 is 5.43 Å². The average molecular weight is 314 g/mol. The first-order chi connectivity index (χ1) is 11.2. The van der Waals surface area contributed by atoms with E-state index in [0.29, 0.717) is 6.42 Å². The van der Waals surface area contributed by atoms with Crippen molar-refractivity contribution >= 4 is 17.7 Å². The first-order valence-electron chi connectivity index (χ1n) is 8.78. The minimum absolute atomic E-state index is 0.00557. The summed E-state index contributed by atoms with van der Waals surface area (Å²) in [7, 11) is 0. The Hall–Kier alpha value is -1.90. The van der Waals surface area contributed by atoms with Crippen LogP contribution in [0.4, 0.5) is 0 Å². The zero-order chi connectivity index (χ0) is 16.8. The lowest BCUT2D eigenvalue weighted by Gasteiger charge is -2.02. The van der Waals surface area contributed by atoms with E-state index in [1.165, 1.54) is 32.1 Å². The largest absolute Gasteiger partial charge is 0.273 e. The number of nitrogens with zero attached hydrogens (tertiary/aromatic N) is 1. The van der Waals surface area contributed by atoms with Gasteiger partial charge in [0.05, 0.1) is 5.71 Å². The van der Waals surface area contributed by atoms with Crippen molar-refractivity contribution in [3.63, 3.8) is 0 Å². The van der Waals surface area contributed by atoms with Crippen LogP contribution in [0, 0.1) is 0 Å². The maximum absolute atomic E-state index is 11.7. The minimum atomic E-state index is 0.00557. The van der Waals surface area contributed by atoms with E-state index in [1.54, 1.807) is 0 Å². The molecule has 1 amide bonds. The molecule has 0 atom stereocenters. The van der Waals surface area contributed by atoms with Crippen LogP contribution in [0.5, 0.6) is 0 Å². The molecule has 1 aromatic rings. The Balaban J connectivity index is 2.15. The molecule has 1 rings (SSSR count). The van der Waals surface area contributed by atoms with E-state index in [4.69, 9.17) is 0 Å². The summed E-state index contributed by atoms with van der Waals surface area (Å²) in [6, 6.07) is 10.0. The Kier molecular flexibility index (Phi) is 10.5. The van der Waals surface area contributed by atoms with E-state index < -0.39 is 0 Å². The number of amides is 1. The van der Waals surface area contributed by atoms with Crippen molar-refractivity contribution in [1.29, 1.82) is 0 Å². The van der Waals surface area contributed by atoms with Gasteiger partial charge in [-0.05, 0) is 25.0 Å². The Morgan fingerprint density at radius 2 is 1.70 bits per heavy atom. The molecule has 0 aliphatic carbocycles. The number of hydrogen-bond donors (Lipinski definition) is 1. The number of rotatable bonds is 11. The SMILES string of the molecule is CCCCCCCCCC(=O)N/N=C(C)/C=C/c1ccccc1. The molecule has 0 saturated carbocycles. The number of hydrazone groups is 1. The van der Waals surface area contributed by atoms with Crippen molar-refractivity contribution in [2.24, 2.45) is 5.10 Å². The lowest BCUT2D eigenvalue weighted by molar-refractivity contribution is -0.121. The highest BCUT2D eigenvalue weighted by atomic mass is 16.2. The molecule has 23 heavy (non-hydrogen) atoms. The van der Waals surface area contributed by atoms with Gasteiger partial charge in [0.1, 0.15) is 0 Å². The van der Waals surface area contributed by atoms with Crippen molar-refractivity contribution in [2.45, 2.75) is 65.2 Å². The van der Waals surface area contributed by atoms with Crippen LogP contribution in [0.1, 0.15) is 70.8 Å². The highest BCUT2D eigenvalue weighted by Gasteiger charge is 1.99. The van der Waals surface area contributed by atoms with Gasteiger partial charge < -0.3 is 0 Å². The van der Waals surface area contributed by atoms with Crippen LogP contribution in [0.25, 0.3) is 6.08 Å². The number of allylic oxidation sites excluding steroid dienone is 1. The molecule has 3 heteroatoms. The van der Waals surface area contributed by atoms with Crippen LogP contribution in [0.2, 0.25) is 0 Å². The first kappa shape index (κ1) is 19.1. The molecule has 0 bridgehead atoms. The molecule has 0 aliphatic heterocycles. The van der Waals surface area contributed by atoms with Gasteiger partial charge in [-0.1, -0.05) is 81.9 Å². The molecule has 126 valence electrons. The molecule has 0 saturated heterocycles. The molecular formula is C20H30N2O. The second-order valence-electron chi connectivity index (χ2n) is 5.90. The smallest absolute Gasteiger partial charge is 0.240 e. The maximum Gasteiger partial charge on any atom is 0.240 e. The molecule has 0 aromatic heterocycles. The molecule has 0 aliphatic rings. The normalized spacial score (nSPS) is 11.8. The first-order valence-corrected chi connectivity index (χ1v) is 8.78. The summed E-state index contributed by atoms with van der Waals surface area (Å²) < 4.78 is 0. The third-order valence-electron chi connectivity index (χ3n) is 3.68. The summed E-state index contributed by atoms with van der Waals surface area (Å²) in [6.07, 6.45) is 13.0. The monoisotopic (exact) mass is 314 g/mol. The molecule has 0 heterocycles. The number of hydrogen-bond acceptors (Lipinski definition) is 2. The van der Waals surface area contributed by atoms with Gasteiger partial charge in [-0.15, -0.1) is 0 Å². The number of benzene rings is 1. The van der Waals surface area contributed by atoms with E-state index >= 15 is 0 Å². The summed E-state index contributed by atoms with van der Waals surface area (Å²) in [5.41, 5.74) is 4.54. The molecule has 1 aromatic carbocycles. The molecule has 0 spiro atoms. The fourth-order valence-corrected chi connectivity index (χ4v) is 2.27. The standard InChI is InChI=1S/C20H30N2O/c1-3-4-5-6-7-8-12-15-20(23)22-21-18(2)16-17-19-13-10-9-11-14-19/h9-11,13-14,16-17H,3-8,12,15H2,1-2H3,(H,22,23)/b17-16+,21-18+. The van der Waals surface area contributed by atoms with Crippen LogP contribution >= 0.6 is 0 Å². The topological polar surface area (TPSA) is 41.5 Å². The zero-order valence-electron chi connectivity index (χ0n) is 14.6. The van der Waals surface area contributed by atoms with Crippen LogP contribution in [0.15, 0.2) is 41.5 Å². The van der Waals surface area contributed by atoms with E-state index in [1.807, 2.05) is 49.4 Å². The van der Waals surface area contributed by atoms with Crippen molar-refractivity contribution in [3.8, 4) is 0 Å². The third kappa shape index (κ3) is 10.5. The predicted octanol–water partition coefficient (Wildman–Crippen LogP) is 5.33. The van der Waals surface area contributed by atoms with Gasteiger partial charge >= 0.3 is 0 Å². The molecule has 1 N–H and O–H groups in total. The molecular weight excluding hydrogens is 284 g/mol. The van der Waals surface area contributed by atoms with Gasteiger partial charge in [-0.2, -0.15) is 5.10 Å². The van der Waals surface area contributed by atoms with Crippen molar-refractivity contribution in [3.05, 3.63) is 42.0 Å². The van der Waals surface area contributed by atoms with Crippen LogP contribution in [-0.2, 0) is 4.79 Å². The quantitative estimate of drug-likeness (QED) is 0.334. The Morgan fingerprint density at radius 3 is 2.39 bits per heavy atom. The van der Waals surface area contributed by atoms with Crippen molar-refractivity contribution in [2.75, 3.05) is 0 Å². The summed E-state index contributed by atoms with van der Waals surface area (Å²) in [5, 5.41) is 4.11. The zero-order valence-corrected chi connectivity index (χ0v) is 14.6.